The summed E-state index contributed by atoms with van der Waals surface area (Å²) in [4.78, 5) is 24.9. The molecule has 0 spiro atoms. The van der Waals surface area contributed by atoms with Crippen LogP contribution in [0, 0.1) is 6.92 Å². The number of ether oxygens (including phenoxy) is 1. The van der Waals surface area contributed by atoms with E-state index >= 15 is 0 Å². The molecule has 33 heavy (non-hydrogen) atoms. The maximum atomic E-state index is 13.0. The average molecular weight is 470 g/mol. The smallest absolute Gasteiger partial charge is 0.338 e. The largest absolute Gasteiger partial charge is 0.457 e. The molecule has 8 heteroatoms. The monoisotopic (exact) mass is 469 g/mol. The van der Waals surface area contributed by atoms with Crippen LogP contribution >= 0.6 is 0 Å². The van der Waals surface area contributed by atoms with Crippen molar-refractivity contribution in [2.45, 2.75) is 51.5 Å². The second kappa shape index (κ2) is 9.11. The highest BCUT2D eigenvalue weighted by Gasteiger charge is 2.25. The van der Waals surface area contributed by atoms with Crippen LogP contribution in [-0.2, 0) is 34.2 Å². The Morgan fingerprint density at radius 2 is 1.76 bits per heavy atom. The van der Waals surface area contributed by atoms with Crippen molar-refractivity contribution in [2.75, 3.05) is 13.1 Å². The maximum Gasteiger partial charge on any atom is 0.338 e. The van der Waals surface area contributed by atoms with Crippen LogP contribution in [0.5, 0.6) is 0 Å². The molecule has 0 atom stereocenters. The van der Waals surface area contributed by atoms with Crippen LogP contribution in [0.1, 0.15) is 52.9 Å². The minimum absolute atomic E-state index is 0.0852. The molecule has 4 rings (SSSR count). The van der Waals surface area contributed by atoms with Gasteiger partial charge in [0.1, 0.15) is 12.2 Å². The molecule has 2 aromatic carbocycles. The fourth-order valence-electron chi connectivity index (χ4n) is 4.35. The summed E-state index contributed by atoms with van der Waals surface area (Å²) in [6.45, 7) is 5.78. The summed E-state index contributed by atoms with van der Waals surface area (Å²) in [5.41, 5.74) is 3.63. The quantitative estimate of drug-likeness (QED) is 0.384. The van der Waals surface area contributed by atoms with Gasteiger partial charge in [0, 0.05) is 30.1 Å². The highest BCUT2D eigenvalue weighted by Crippen LogP contribution is 2.29. The molecule has 0 N–H and O–H groups in total. The molecule has 0 bridgehead atoms. The predicted octanol–water partition coefficient (Wildman–Crippen LogP) is 3.98. The lowest BCUT2D eigenvalue weighted by Crippen LogP contribution is -2.31. The zero-order valence-electron chi connectivity index (χ0n) is 19.0. The number of nitrogens with zero attached hydrogens (tertiary/aromatic N) is 1. The maximum absolute atomic E-state index is 13.0. The number of esters is 1. The van der Waals surface area contributed by atoms with Gasteiger partial charge in [-0.25, -0.2) is 18.0 Å². The van der Waals surface area contributed by atoms with Crippen molar-refractivity contribution in [3.05, 3.63) is 74.6 Å². The van der Waals surface area contributed by atoms with Crippen LogP contribution in [0.15, 0.2) is 50.5 Å². The lowest BCUT2D eigenvalue weighted by Gasteiger charge is -2.20. The topological polar surface area (TPSA) is 93.9 Å². The zero-order valence-corrected chi connectivity index (χ0v) is 19.8. The summed E-state index contributed by atoms with van der Waals surface area (Å²) in [5, 5.41) is 0.747. The van der Waals surface area contributed by atoms with Gasteiger partial charge in [-0.2, -0.15) is 4.31 Å². The van der Waals surface area contributed by atoms with E-state index in [2.05, 4.69) is 0 Å². The number of carbonyl (C=O) groups excluding carboxylic acids is 1. The molecule has 1 aromatic heterocycles. The van der Waals surface area contributed by atoms with Crippen molar-refractivity contribution in [3.63, 3.8) is 0 Å². The fourth-order valence-corrected chi connectivity index (χ4v) is 6.06. The highest BCUT2D eigenvalue weighted by atomic mass is 32.2. The molecule has 0 saturated carbocycles. The Labute approximate surface area is 193 Å². The molecule has 0 saturated heterocycles. The van der Waals surface area contributed by atoms with Crippen molar-refractivity contribution in [1.82, 2.24) is 4.31 Å². The number of fused-ring (bicyclic) bond motifs is 2. The molecule has 174 valence electrons. The minimum atomic E-state index is -3.72. The number of benzene rings is 2. The minimum Gasteiger partial charge on any atom is -0.457 e. The van der Waals surface area contributed by atoms with Gasteiger partial charge in [-0.3, -0.25) is 0 Å². The van der Waals surface area contributed by atoms with E-state index in [-0.39, 0.29) is 17.1 Å². The van der Waals surface area contributed by atoms with Crippen molar-refractivity contribution in [3.8, 4) is 0 Å². The Hall–Kier alpha value is -2.97. The number of carbonyl (C=O) groups is 1. The summed E-state index contributed by atoms with van der Waals surface area (Å²) in [5.74, 6) is -0.659. The molecule has 0 amide bonds. The van der Waals surface area contributed by atoms with Gasteiger partial charge in [0.15, 0.2) is 0 Å². The van der Waals surface area contributed by atoms with Crippen LogP contribution < -0.4 is 5.63 Å². The van der Waals surface area contributed by atoms with Gasteiger partial charge >= 0.3 is 11.6 Å². The third kappa shape index (κ3) is 4.45. The molecular formula is C25H27NO6S. The standard InChI is InChI=1S/C25H27NO6S/c1-4-26(5-2)33(29,30)23-13-19(10-9-16(23)3)25(28)31-15-20-14-24(27)32-22-12-18-8-6-7-17(18)11-21(20)22/h9-14H,4-8,15H2,1-3H3. The van der Waals surface area contributed by atoms with Crippen molar-refractivity contribution in [1.29, 1.82) is 0 Å². The molecule has 0 unspecified atom stereocenters. The fraction of sp³-hybridized carbons (Fsp3) is 0.360. The van der Waals surface area contributed by atoms with Crippen molar-refractivity contribution in [2.24, 2.45) is 0 Å². The van der Waals surface area contributed by atoms with Gasteiger partial charge in [-0.1, -0.05) is 19.9 Å². The number of hydrogen-bond acceptors (Lipinski definition) is 6. The van der Waals surface area contributed by atoms with E-state index in [0.29, 0.717) is 29.8 Å². The van der Waals surface area contributed by atoms with Gasteiger partial charge in [-0.15, -0.1) is 0 Å². The Morgan fingerprint density at radius 3 is 2.45 bits per heavy atom. The molecular weight excluding hydrogens is 442 g/mol. The molecule has 0 aliphatic heterocycles. The molecule has 0 fully saturated rings. The number of aryl methyl sites for hydroxylation is 3. The normalized spacial score (nSPS) is 13.5. The Morgan fingerprint density at radius 1 is 1.06 bits per heavy atom. The summed E-state index contributed by atoms with van der Waals surface area (Å²) >= 11 is 0. The molecule has 3 aromatic rings. The van der Waals surface area contributed by atoms with Gasteiger partial charge in [-0.05, 0) is 67.1 Å². The lowest BCUT2D eigenvalue weighted by atomic mass is 10.0. The van der Waals surface area contributed by atoms with Crippen molar-refractivity contribution >= 4 is 27.0 Å². The highest BCUT2D eigenvalue weighted by molar-refractivity contribution is 7.89. The average Bonchev–Trinajstić information content (AvgIpc) is 3.24. The summed E-state index contributed by atoms with van der Waals surface area (Å²) in [6.07, 6.45) is 2.99. The first kappa shape index (κ1) is 23.2. The third-order valence-electron chi connectivity index (χ3n) is 6.15. The van der Waals surface area contributed by atoms with Gasteiger partial charge in [0.2, 0.25) is 10.0 Å². The van der Waals surface area contributed by atoms with Gasteiger partial charge < -0.3 is 9.15 Å². The number of rotatable bonds is 7. The molecule has 1 aliphatic rings. The SMILES string of the molecule is CCN(CC)S(=O)(=O)c1cc(C(=O)OCc2cc(=O)oc3cc4c(cc23)CCC4)ccc1C. The lowest BCUT2D eigenvalue weighted by molar-refractivity contribution is 0.0473. The van der Waals surface area contributed by atoms with Crippen molar-refractivity contribution < 1.29 is 22.4 Å². The third-order valence-corrected chi connectivity index (χ3v) is 8.34. The van der Waals surface area contributed by atoms with E-state index in [4.69, 9.17) is 9.15 Å². The first-order valence-electron chi connectivity index (χ1n) is 11.1. The Balaban J connectivity index is 1.61. The molecule has 7 nitrogen and oxygen atoms in total. The van der Waals surface area contributed by atoms with Crippen LogP contribution in [0.3, 0.4) is 0 Å². The van der Waals surface area contributed by atoms with Crippen LogP contribution in [0.25, 0.3) is 11.0 Å². The molecule has 1 heterocycles. The summed E-state index contributed by atoms with van der Waals surface area (Å²) < 4.78 is 38.1. The van der Waals surface area contributed by atoms with Crippen LogP contribution in [-0.4, -0.2) is 31.8 Å². The molecule has 0 radical (unpaired) electrons. The van der Waals surface area contributed by atoms with E-state index in [9.17, 15) is 18.0 Å². The first-order valence-corrected chi connectivity index (χ1v) is 12.5. The van der Waals surface area contributed by atoms with Crippen LogP contribution in [0.4, 0.5) is 0 Å². The first-order chi connectivity index (χ1) is 15.7. The van der Waals surface area contributed by atoms with Gasteiger partial charge in [0.05, 0.1) is 10.5 Å². The Bertz CT molecular complexity index is 1390. The summed E-state index contributed by atoms with van der Waals surface area (Å²) in [7, 11) is -3.72. The number of sulfonamides is 1. The van der Waals surface area contributed by atoms with E-state index in [1.807, 2.05) is 12.1 Å². The van der Waals surface area contributed by atoms with E-state index in [1.54, 1.807) is 32.9 Å². The molecule has 1 aliphatic carbocycles. The number of hydrogen-bond donors (Lipinski definition) is 0. The zero-order chi connectivity index (χ0) is 23.8. The van der Waals surface area contributed by atoms with E-state index in [0.717, 1.165) is 24.6 Å². The summed E-state index contributed by atoms with van der Waals surface area (Å²) in [6, 6.07) is 9.74. The van der Waals surface area contributed by atoms with E-state index < -0.39 is 21.6 Å². The Kier molecular flexibility index (Phi) is 6.41. The predicted molar refractivity (Wildman–Crippen MR) is 125 cm³/mol. The van der Waals surface area contributed by atoms with E-state index in [1.165, 1.54) is 27.6 Å². The van der Waals surface area contributed by atoms with Crippen LogP contribution in [0.2, 0.25) is 0 Å². The van der Waals surface area contributed by atoms with Gasteiger partial charge in [0.25, 0.3) is 0 Å². The second-order valence-corrected chi connectivity index (χ2v) is 10.1. The second-order valence-electron chi connectivity index (χ2n) is 8.21.